The summed E-state index contributed by atoms with van der Waals surface area (Å²) < 4.78 is 13.5. The summed E-state index contributed by atoms with van der Waals surface area (Å²) in [7, 11) is 0. The molecule has 1 amide bonds. The fraction of sp³-hybridized carbons (Fsp3) is 0.571. The molecule has 0 saturated carbocycles. The van der Waals surface area contributed by atoms with Crippen LogP contribution in [0.1, 0.15) is 53.5 Å². The zero-order valence-corrected chi connectivity index (χ0v) is 18.3. The van der Waals surface area contributed by atoms with E-state index in [-0.39, 0.29) is 30.5 Å². The molecule has 0 aliphatic carbocycles. The largest absolute Gasteiger partial charge is 0.489 e. The Morgan fingerprint density at radius 2 is 2.10 bits per heavy atom. The standard InChI is InChI=1S/C21H29N5O3.ClH/c1-14-5-6-18(19(12-14)29-13-17-4-3-11-28-17)23-21(27)20-15(2)26(25-24-20)16-7-9-22-10-8-16;/h5-6,12,16-17,22H,3-4,7-11,13H2,1-2H3,(H,23,27);1H. The van der Waals surface area contributed by atoms with Crippen LogP contribution in [0.4, 0.5) is 5.69 Å². The van der Waals surface area contributed by atoms with Gasteiger partial charge in [-0.25, -0.2) is 4.68 Å². The van der Waals surface area contributed by atoms with Gasteiger partial charge in [-0.05, 0) is 70.3 Å². The summed E-state index contributed by atoms with van der Waals surface area (Å²) in [5, 5.41) is 14.7. The van der Waals surface area contributed by atoms with Gasteiger partial charge in [0, 0.05) is 6.61 Å². The van der Waals surface area contributed by atoms with Crippen molar-refractivity contribution in [3.63, 3.8) is 0 Å². The predicted octanol–water partition coefficient (Wildman–Crippen LogP) is 3.05. The van der Waals surface area contributed by atoms with Crippen LogP contribution in [0, 0.1) is 13.8 Å². The maximum Gasteiger partial charge on any atom is 0.278 e. The van der Waals surface area contributed by atoms with Gasteiger partial charge in [0.2, 0.25) is 0 Å². The minimum atomic E-state index is -0.270. The number of ether oxygens (including phenoxy) is 2. The molecule has 0 bridgehead atoms. The number of halogens is 1. The van der Waals surface area contributed by atoms with Crippen molar-refractivity contribution in [1.82, 2.24) is 20.3 Å². The minimum Gasteiger partial charge on any atom is -0.489 e. The third kappa shape index (κ3) is 5.11. The lowest BCUT2D eigenvalue weighted by molar-refractivity contribution is 0.0681. The highest BCUT2D eigenvalue weighted by molar-refractivity contribution is 6.04. The second kappa shape index (κ2) is 10.2. The smallest absolute Gasteiger partial charge is 0.278 e. The van der Waals surface area contributed by atoms with Crippen LogP contribution in [0.5, 0.6) is 5.75 Å². The Labute approximate surface area is 183 Å². The average Bonchev–Trinajstić information content (AvgIpc) is 3.38. The highest BCUT2D eigenvalue weighted by Gasteiger charge is 2.24. The van der Waals surface area contributed by atoms with E-state index >= 15 is 0 Å². The molecule has 1 aromatic heterocycles. The molecule has 1 atom stereocenters. The summed E-state index contributed by atoms with van der Waals surface area (Å²) in [5.74, 6) is 0.380. The number of hydrogen-bond acceptors (Lipinski definition) is 6. The van der Waals surface area contributed by atoms with Crippen molar-refractivity contribution in [3.8, 4) is 5.75 Å². The Kier molecular flexibility index (Phi) is 7.69. The van der Waals surface area contributed by atoms with Gasteiger partial charge in [0.1, 0.15) is 12.4 Å². The third-order valence-electron chi connectivity index (χ3n) is 5.63. The van der Waals surface area contributed by atoms with E-state index in [0.717, 1.165) is 56.6 Å². The van der Waals surface area contributed by atoms with Crippen molar-refractivity contribution in [2.45, 2.75) is 51.7 Å². The Morgan fingerprint density at radius 3 is 2.83 bits per heavy atom. The lowest BCUT2D eigenvalue weighted by Crippen LogP contribution is -2.30. The molecule has 2 aromatic rings. The number of carbonyl (C=O) groups is 1. The number of carbonyl (C=O) groups excluding carboxylic acids is 1. The van der Waals surface area contributed by atoms with E-state index in [1.165, 1.54) is 0 Å². The molecular formula is C21H30ClN5O3. The van der Waals surface area contributed by atoms with E-state index in [9.17, 15) is 4.79 Å². The average molecular weight is 436 g/mol. The van der Waals surface area contributed by atoms with Crippen LogP contribution in [-0.4, -0.2) is 53.3 Å². The van der Waals surface area contributed by atoms with E-state index in [1.54, 1.807) is 0 Å². The number of aryl methyl sites for hydroxylation is 1. The molecule has 9 heteroatoms. The number of nitrogens with one attached hydrogen (secondary N) is 2. The molecule has 2 saturated heterocycles. The second-order valence-corrected chi connectivity index (χ2v) is 7.85. The number of anilines is 1. The Morgan fingerprint density at radius 1 is 1.30 bits per heavy atom. The summed E-state index contributed by atoms with van der Waals surface area (Å²) in [6.07, 6.45) is 4.17. The maximum absolute atomic E-state index is 12.9. The van der Waals surface area contributed by atoms with Gasteiger partial charge in [-0.15, -0.1) is 17.5 Å². The number of piperidine rings is 1. The minimum absolute atomic E-state index is 0. The van der Waals surface area contributed by atoms with Gasteiger partial charge < -0.3 is 20.1 Å². The quantitative estimate of drug-likeness (QED) is 0.724. The first-order chi connectivity index (χ1) is 14.1. The first-order valence-corrected chi connectivity index (χ1v) is 10.4. The SMILES string of the molecule is Cc1ccc(NC(=O)c2nnn(C3CCNCC3)c2C)c(OCC2CCCO2)c1.Cl. The molecule has 1 unspecified atom stereocenters. The van der Waals surface area contributed by atoms with Gasteiger partial charge in [-0.3, -0.25) is 4.79 Å². The van der Waals surface area contributed by atoms with Crippen LogP contribution in [0.2, 0.25) is 0 Å². The zero-order chi connectivity index (χ0) is 20.2. The molecule has 2 aliphatic heterocycles. The molecule has 0 spiro atoms. The number of hydrogen-bond donors (Lipinski definition) is 2. The van der Waals surface area contributed by atoms with Gasteiger partial charge in [0.15, 0.2) is 5.69 Å². The Bertz CT molecular complexity index is 860. The molecule has 3 heterocycles. The normalized spacial score (nSPS) is 19.3. The van der Waals surface area contributed by atoms with Crippen LogP contribution in [-0.2, 0) is 4.74 Å². The highest BCUT2D eigenvalue weighted by Crippen LogP contribution is 2.28. The molecule has 2 fully saturated rings. The van der Waals surface area contributed by atoms with Crippen molar-refractivity contribution < 1.29 is 14.3 Å². The van der Waals surface area contributed by atoms with Crippen LogP contribution >= 0.6 is 12.4 Å². The van der Waals surface area contributed by atoms with Crippen molar-refractivity contribution in [1.29, 1.82) is 0 Å². The summed E-state index contributed by atoms with van der Waals surface area (Å²) in [5.41, 5.74) is 2.85. The Balaban J connectivity index is 0.00000256. The van der Waals surface area contributed by atoms with Crippen LogP contribution in [0.15, 0.2) is 18.2 Å². The number of benzene rings is 1. The van der Waals surface area contributed by atoms with Gasteiger partial charge in [0.25, 0.3) is 5.91 Å². The van der Waals surface area contributed by atoms with Crippen LogP contribution in [0.25, 0.3) is 0 Å². The number of nitrogens with zero attached hydrogens (tertiary/aromatic N) is 3. The zero-order valence-electron chi connectivity index (χ0n) is 17.5. The van der Waals surface area contributed by atoms with Gasteiger partial charge in [0.05, 0.1) is 23.5 Å². The summed E-state index contributed by atoms with van der Waals surface area (Å²) in [6.45, 7) is 7.09. The summed E-state index contributed by atoms with van der Waals surface area (Å²) in [6, 6.07) is 6.04. The van der Waals surface area contributed by atoms with Gasteiger partial charge >= 0.3 is 0 Å². The molecule has 1 aromatic carbocycles. The van der Waals surface area contributed by atoms with Crippen molar-refractivity contribution in [3.05, 3.63) is 35.2 Å². The van der Waals surface area contributed by atoms with E-state index in [4.69, 9.17) is 9.47 Å². The molecular weight excluding hydrogens is 406 g/mol. The molecule has 4 rings (SSSR count). The lowest BCUT2D eigenvalue weighted by atomic mass is 10.1. The molecule has 30 heavy (non-hydrogen) atoms. The third-order valence-corrected chi connectivity index (χ3v) is 5.63. The molecule has 164 valence electrons. The van der Waals surface area contributed by atoms with Crippen molar-refractivity contribution in [2.24, 2.45) is 0 Å². The topological polar surface area (TPSA) is 90.3 Å². The predicted molar refractivity (Wildman–Crippen MR) is 117 cm³/mol. The van der Waals surface area contributed by atoms with Crippen LogP contribution in [0.3, 0.4) is 0 Å². The number of rotatable bonds is 6. The van der Waals surface area contributed by atoms with Crippen molar-refractivity contribution >= 4 is 24.0 Å². The van der Waals surface area contributed by atoms with E-state index in [0.29, 0.717) is 23.7 Å². The fourth-order valence-corrected chi connectivity index (χ4v) is 3.94. The van der Waals surface area contributed by atoms with Crippen molar-refractivity contribution in [2.75, 3.05) is 31.6 Å². The summed E-state index contributed by atoms with van der Waals surface area (Å²) in [4.78, 5) is 12.9. The molecule has 2 N–H and O–H groups in total. The maximum atomic E-state index is 12.9. The molecule has 2 aliphatic rings. The second-order valence-electron chi connectivity index (χ2n) is 7.85. The van der Waals surface area contributed by atoms with E-state index in [2.05, 4.69) is 20.9 Å². The fourth-order valence-electron chi connectivity index (χ4n) is 3.94. The van der Waals surface area contributed by atoms with Gasteiger partial charge in [-0.2, -0.15) is 0 Å². The monoisotopic (exact) mass is 435 g/mol. The summed E-state index contributed by atoms with van der Waals surface area (Å²) >= 11 is 0. The lowest BCUT2D eigenvalue weighted by Gasteiger charge is -2.23. The van der Waals surface area contributed by atoms with Gasteiger partial charge in [-0.1, -0.05) is 11.3 Å². The van der Waals surface area contributed by atoms with E-state index < -0.39 is 0 Å². The number of aromatic nitrogens is 3. The van der Waals surface area contributed by atoms with Crippen LogP contribution < -0.4 is 15.4 Å². The molecule has 8 nitrogen and oxygen atoms in total. The first-order valence-electron chi connectivity index (χ1n) is 10.4. The number of amides is 1. The molecule has 0 radical (unpaired) electrons. The first kappa shape index (κ1) is 22.5. The highest BCUT2D eigenvalue weighted by atomic mass is 35.5. The Hall–Kier alpha value is -2.16. The van der Waals surface area contributed by atoms with E-state index in [1.807, 2.05) is 36.7 Å².